The monoisotopic (exact) mass is 1070 g/mol. The maximum Gasteiger partial charge on any atom is 0.306 e. The molecule has 0 bridgehead atoms. The van der Waals surface area contributed by atoms with E-state index in [-0.39, 0.29) is 31.1 Å². The Morgan fingerprint density at radius 1 is 0.273 bits per heavy atom. The topological polar surface area (TPSA) is 78.9 Å². The smallest absolute Gasteiger partial charge is 0.306 e. The lowest BCUT2D eigenvalue weighted by atomic mass is 10.0. The van der Waals surface area contributed by atoms with Crippen LogP contribution in [0.25, 0.3) is 0 Å². The molecular weight excluding hydrogens is 949 g/mol. The van der Waals surface area contributed by atoms with Gasteiger partial charge in [-0.1, -0.05) is 278 Å². The van der Waals surface area contributed by atoms with Crippen LogP contribution in [0.3, 0.4) is 0 Å². The first-order valence-electron chi connectivity index (χ1n) is 32.4. The lowest BCUT2D eigenvalue weighted by Gasteiger charge is -2.18. The van der Waals surface area contributed by atoms with Gasteiger partial charge in [0, 0.05) is 19.3 Å². The third-order valence-corrected chi connectivity index (χ3v) is 13.7. The molecule has 0 fully saturated rings. The number of carbonyl (C=O) groups is 3. The standard InChI is InChI=1S/C71H120O6/c1-4-7-10-13-16-19-22-24-26-28-30-31-32-33-34-35-36-37-38-39-41-42-44-46-49-52-55-58-61-64-70(73)76-67-68(66-75-69(72)63-60-57-54-51-48-21-18-15-12-9-6-3)77-71(74)65-62-59-56-53-50-47-45-43-40-29-27-25-23-20-17-14-11-8-5-2/h7-8,10-11,15-20,24-27,30-31,40,43,68H,4-6,9,12-14,21-23,28-29,32-39,41-42,44-67H2,1-3H3/b10-7-,11-8-,18-15-,19-16-,20-17-,26-24-,27-25-,31-30-,43-40-. The Hall–Kier alpha value is -3.93. The largest absolute Gasteiger partial charge is 0.462 e. The second kappa shape index (κ2) is 64.6. The average Bonchev–Trinajstić information content (AvgIpc) is 3.43. The summed E-state index contributed by atoms with van der Waals surface area (Å²) in [5.74, 6) is -0.902. The van der Waals surface area contributed by atoms with Crippen LogP contribution in [0.1, 0.15) is 303 Å². The highest BCUT2D eigenvalue weighted by Crippen LogP contribution is 2.16. The molecule has 0 aromatic heterocycles. The number of hydrogen-bond acceptors (Lipinski definition) is 6. The number of allylic oxidation sites excluding steroid dienone is 18. The summed E-state index contributed by atoms with van der Waals surface area (Å²) >= 11 is 0. The normalized spacial score (nSPS) is 12.8. The lowest BCUT2D eigenvalue weighted by Crippen LogP contribution is -2.30. The number of ether oxygens (including phenoxy) is 3. The Kier molecular flexibility index (Phi) is 61.3. The van der Waals surface area contributed by atoms with E-state index in [1.54, 1.807) is 0 Å². The van der Waals surface area contributed by atoms with Crippen LogP contribution in [0.15, 0.2) is 109 Å². The van der Waals surface area contributed by atoms with Crippen LogP contribution in [0, 0.1) is 0 Å². The van der Waals surface area contributed by atoms with Gasteiger partial charge in [0.25, 0.3) is 0 Å². The minimum absolute atomic E-state index is 0.0855. The molecule has 0 saturated heterocycles. The number of hydrogen-bond donors (Lipinski definition) is 0. The van der Waals surface area contributed by atoms with Crippen LogP contribution in [0.2, 0.25) is 0 Å². The molecule has 1 unspecified atom stereocenters. The van der Waals surface area contributed by atoms with Gasteiger partial charge in [-0.05, 0) is 116 Å². The maximum absolute atomic E-state index is 12.9. The Morgan fingerprint density at radius 3 is 0.805 bits per heavy atom. The van der Waals surface area contributed by atoms with E-state index in [0.717, 1.165) is 128 Å². The van der Waals surface area contributed by atoms with Crippen molar-refractivity contribution in [3.63, 3.8) is 0 Å². The first-order valence-corrected chi connectivity index (χ1v) is 32.4. The van der Waals surface area contributed by atoms with E-state index >= 15 is 0 Å². The maximum atomic E-state index is 12.9. The van der Waals surface area contributed by atoms with Crippen LogP contribution < -0.4 is 0 Å². The van der Waals surface area contributed by atoms with Crippen molar-refractivity contribution in [1.82, 2.24) is 0 Å². The second-order valence-electron chi connectivity index (χ2n) is 21.3. The lowest BCUT2D eigenvalue weighted by molar-refractivity contribution is -0.167. The fraction of sp³-hybridized carbons (Fsp3) is 0.704. The van der Waals surface area contributed by atoms with E-state index in [0.29, 0.717) is 19.3 Å². The molecule has 77 heavy (non-hydrogen) atoms. The molecule has 0 N–H and O–H groups in total. The van der Waals surface area contributed by atoms with E-state index in [2.05, 4.69) is 130 Å². The first kappa shape index (κ1) is 73.1. The summed E-state index contributed by atoms with van der Waals surface area (Å²) in [5, 5.41) is 0. The summed E-state index contributed by atoms with van der Waals surface area (Å²) in [7, 11) is 0. The van der Waals surface area contributed by atoms with E-state index in [1.807, 2.05) is 0 Å². The Bertz CT molecular complexity index is 1560. The van der Waals surface area contributed by atoms with Crippen molar-refractivity contribution < 1.29 is 28.6 Å². The average molecular weight is 1070 g/mol. The van der Waals surface area contributed by atoms with Crippen molar-refractivity contribution in [3.05, 3.63) is 109 Å². The summed E-state index contributed by atoms with van der Waals surface area (Å²) in [6, 6.07) is 0. The summed E-state index contributed by atoms with van der Waals surface area (Å²) in [6.07, 6.45) is 88.2. The Labute approximate surface area is 476 Å². The van der Waals surface area contributed by atoms with Gasteiger partial charge in [-0.2, -0.15) is 0 Å². The molecule has 0 radical (unpaired) electrons. The molecule has 1 atom stereocenters. The van der Waals surface area contributed by atoms with Crippen molar-refractivity contribution in [2.75, 3.05) is 13.2 Å². The molecule has 0 amide bonds. The molecule has 6 nitrogen and oxygen atoms in total. The number of rotatable bonds is 58. The predicted octanol–water partition coefficient (Wildman–Crippen LogP) is 22.2. The summed E-state index contributed by atoms with van der Waals surface area (Å²) in [4.78, 5) is 38.3. The van der Waals surface area contributed by atoms with Crippen molar-refractivity contribution in [2.24, 2.45) is 0 Å². The van der Waals surface area contributed by atoms with Gasteiger partial charge >= 0.3 is 17.9 Å². The predicted molar refractivity (Wildman–Crippen MR) is 334 cm³/mol. The van der Waals surface area contributed by atoms with Gasteiger partial charge in [-0.15, -0.1) is 0 Å². The molecule has 6 heteroatoms. The SMILES string of the molecule is CC/C=C\C/C=C\C/C=C\C/C=C\CCCCCCCCCCCCCCCCCCC(=O)OCC(COC(=O)CCCCCCC/C=C\CCCC)OC(=O)CCCCCCCC/C=C\C/C=C\C/C=C\C/C=C\CC. The minimum atomic E-state index is -0.790. The van der Waals surface area contributed by atoms with Gasteiger partial charge in [0.15, 0.2) is 6.10 Å². The Balaban J connectivity index is 4.23. The third kappa shape index (κ3) is 62.8. The van der Waals surface area contributed by atoms with Crippen molar-refractivity contribution in [1.29, 1.82) is 0 Å². The van der Waals surface area contributed by atoms with E-state index < -0.39 is 6.10 Å². The van der Waals surface area contributed by atoms with E-state index in [9.17, 15) is 14.4 Å². The van der Waals surface area contributed by atoms with Crippen LogP contribution in [0.4, 0.5) is 0 Å². The molecule has 0 aliphatic rings. The minimum Gasteiger partial charge on any atom is -0.462 e. The van der Waals surface area contributed by atoms with Crippen molar-refractivity contribution >= 4 is 17.9 Å². The number of esters is 3. The van der Waals surface area contributed by atoms with Crippen LogP contribution >= 0.6 is 0 Å². The fourth-order valence-electron chi connectivity index (χ4n) is 8.94. The van der Waals surface area contributed by atoms with Crippen LogP contribution in [0.5, 0.6) is 0 Å². The van der Waals surface area contributed by atoms with Gasteiger partial charge in [-0.3, -0.25) is 14.4 Å². The zero-order chi connectivity index (χ0) is 55.7. The first-order chi connectivity index (χ1) is 38.0. The quantitative estimate of drug-likeness (QED) is 0.0261. The summed E-state index contributed by atoms with van der Waals surface area (Å²) in [6.45, 7) is 6.38. The number of carbonyl (C=O) groups excluding carboxylic acids is 3. The van der Waals surface area contributed by atoms with Gasteiger partial charge < -0.3 is 14.2 Å². The van der Waals surface area contributed by atoms with Gasteiger partial charge in [0.2, 0.25) is 0 Å². The van der Waals surface area contributed by atoms with Crippen LogP contribution in [-0.4, -0.2) is 37.2 Å². The molecule has 440 valence electrons. The van der Waals surface area contributed by atoms with E-state index in [4.69, 9.17) is 14.2 Å². The molecular formula is C71H120O6. The molecule has 0 rings (SSSR count). The second-order valence-corrected chi connectivity index (χ2v) is 21.3. The molecule has 0 heterocycles. The molecule has 0 aliphatic heterocycles. The van der Waals surface area contributed by atoms with Crippen LogP contribution in [-0.2, 0) is 28.6 Å². The molecule has 0 saturated carbocycles. The van der Waals surface area contributed by atoms with E-state index in [1.165, 1.54) is 135 Å². The zero-order valence-electron chi connectivity index (χ0n) is 50.4. The zero-order valence-corrected chi connectivity index (χ0v) is 50.4. The third-order valence-electron chi connectivity index (χ3n) is 13.7. The fourth-order valence-corrected chi connectivity index (χ4v) is 8.94. The molecule has 0 aliphatic carbocycles. The highest BCUT2D eigenvalue weighted by molar-refractivity contribution is 5.71. The van der Waals surface area contributed by atoms with Gasteiger partial charge in [0.05, 0.1) is 0 Å². The Morgan fingerprint density at radius 2 is 0.506 bits per heavy atom. The van der Waals surface area contributed by atoms with Gasteiger partial charge in [0.1, 0.15) is 13.2 Å². The molecule has 0 spiro atoms. The summed E-state index contributed by atoms with van der Waals surface area (Å²) < 4.78 is 16.9. The van der Waals surface area contributed by atoms with Crippen molar-refractivity contribution in [2.45, 2.75) is 309 Å². The van der Waals surface area contributed by atoms with Gasteiger partial charge in [-0.25, -0.2) is 0 Å². The summed E-state index contributed by atoms with van der Waals surface area (Å²) in [5.41, 5.74) is 0. The molecule has 0 aromatic carbocycles. The number of unbranched alkanes of at least 4 members (excludes halogenated alkanes) is 29. The highest BCUT2D eigenvalue weighted by Gasteiger charge is 2.19. The van der Waals surface area contributed by atoms with Crippen molar-refractivity contribution in [3.8, 4) is 0 Å². The highest BCUT2D eigenvalue weighted by atomic mass is 16.6. The molecule has 0 aromatic rings.